The Morgan fingerprint density at radius 1 is 0.778 bits per heavy atom. The Morgan fingerprint density at radius 3 is 1.83 bits per heavy atom. The summed E-state index contributed by atoms with van der Waals surface area (Å²) in [6.07, 6.45) is -1.58. The number of alkyl halides is 3. The smallest absolute Gasteiger partial charge is 0.457 e. The van der Waals surface area contributed by atoms with E-state index in [0.29, 0.717) is 11.5 Å². The van der Waals surface area contributed by atoms with E-state index in [1.54, 1.807) is 24.5 Å². The van der Waals surface area contributed by atoms with Gasteiger partial charge in [0.15, 0.2) is 0 Å². The summed E-state index contributed by atoms with van der Waals surface area (Å²) in [5.41, 5.74) is 0. The van der Waals surface area contributed by atoms with E-state index in [2.05, 4.69) is 9.72 Å². The minimum Gasteiger partial charge on any atom is -0.457 e. The van der Waals surface area contributed by atoms with Gasteiger partial charge in [0.05, 0.1) is 0 Å². The van der Waals surface area contributed by atoms with Crippen LogP contribution in [-0.2, 0) is 0 Å². The first-order valence-corrected chi connectivity index (χ1v) is 4.97. The predicted octanol–water partition coefficient (Wildman–Crippen LogP) is 3.77. The Morgan fingerprint density at radius 2 is 1.28 bits per heavy atom. The van der Waals surface area contributed by atoms with Gasteiger partial charge in [-0.3, -0.25) is 4.98 Å². The molecule has 2 aromatic rings. The van der Waals surface area contributed by atoms with Crippen LogP contribution in [0.4, 0.5) is 13.2 Å². The number of rotatable bonds is 3. The summed E-state index contributed by atoms with van der Waals surface area (Å²) in [5, 5.41) is 0. The van der Waals surface area contributed by atoms with Gasteiger partial charge in [-0.05, 0) is 36.4 Å². The average Bonchev–Trinajstić information content (AvgIpc) is 2.31. The third-order valence-electron chi connectivity index (χ3n) is 1.94. The van der Waals surface area contributed by atoms with Gasteiger partial charge in [-0.2, -0.15) is 0 Å². The van der Waals surface area contributed by atoms with E-state index < -0.39 is 6.36 Å². The third kappa shape index (κ3) is 3.65. The number of nitrogens with zero attached hydrogens (tertiary/aromatic N) is 1. The molecule has 0 bridgehead atoms. The predicted molar refractivity (Wildman–Crippen MR) is 57.4 cm³/mol. The number of hydrogen-bond acceptors (Lipinski definition) is 3. The molecule has 0 aliphatic heterocycles. The van der Waals surface area contributed by atoms with E-state index in [-0.39, 0.29) is 5.75 Å². The molecule has 0 N–H and O–H groups in total. The molecule has 0 saturated heterocycles. The van der Waals surface area contributed by atoms with Crippen molar-refractivity contribution < 1.29 is 22.6 Å². The molecule has 18 heavy (non-hydrogen) atoms. The van der Waals surface area contributed by atoms with Crippen LogP contribution in [0.15, 0.2) is 48.8 Å². The van der Waals surface area contributed by atoms with Crippen molar-refractivity contribution in [2.75, 3.05) is 0 Å². The summed E-state index contributed by atoms with van der Waals surface area (Å²) < 4.78 is 44.9. The number of hydrogen-bond donors (Lipinski definition) is 0. The Labute approximate surface area is 101 Å². The van der Waals surface area contributed by atoms with Crippen LogP contribution in [-0.4, -0.2) is 11.3 Å². The summed E-state index contributed by atoms with van der Waals surface area (Å²) in [6, 6.07) is 8.43. The number of benzene rings is 1. The zero-order chi connectivity index (χ0) is 13.0. The standard InChI is InChI=1S/C12H8F3NO2/c13-12(14,15)18-11-3-1-9(2-4-11)17-10-5-7-16-8-6-10/h1-8H. The van der Waals surface area contributed by atoms with Gasteiger partial charge in [-0.15, -0.1) is 13.2 Å². The fourth-order valence-electron chi connectivity index (χ4n) is 1.25. The summed E-state index contributed by atoms with van der Waals surface area (Å²) >= 11 is 0. The highest BCUT2D eigenvalue weighted by atomic mass is 19.4. The van der Waals surface area contributed by atoms with Crippen LogP contribution in [0.25, 0.3) is 0 Å². The molecule has 0 aliphatic carbocycles. The van der Waals surface area contributed by atoms with E-state index >= 15 is 0 Å². The second-order valence-corrected chi connectivity index (χ2v) is 3.30. The zero-order valence-electron chi connectivity index (χ0n) is 9.02. The highest BCUT2D eigenvalue weighted by molar-refractivity contribution is 5.34. The van der Waals surface area contributed by atoms with Crippen molar-refractivity contribution in [3.63, 3.8) is 0 Å². The molecule has 6 heteroatoms. The summed E-state index contributed by atoms with van der Waals surface area (Å²) in [6.45, 7) is 0. The molecule has 0 amide bonds. The van der Waals surface area contributed by atoms with Gasteiger partial charge in [0.1, 0.15) is 17.2 Å². The lowest BCUT2D eigenvalue weighted by Crippen LogP contribution is -2.16. The molecule has 0 fully saturated rings. The Balaban J connectivity index is 2.04. The topological polar surface area (TPSA) is 31.4 Å². The largest absolute Gasteiger partial charge is 0.573 e. The van der Waals surface area contributed by atoms with Gasteiger partial charge >= 0.3 is 6.36 Å². The molecule has 94 valence electrons. The summed E-state index contributed by atoms with van der Waals surface area (Å²) in [4.78, 5) is 3.82. The molecule has 1 aromatic carbocycles. The van der Waals surface area contributed by atoms with Crippen molar-refractivity contribution in [1.82, 2.24) is 4.98 Å². The highest BCUT2D eigenvalue weighted by Crippen LogP contribution is 2.26. The molecule has 3 nitrogen and oxygen atoms in total. The molecule has 0 spiro atoms. The normalized spacial score (nSPS) is 11.1. The number of halogens is 3. The lowest BCUT2D eigenvalue weighted by molar-refractivity contribution is -0.274. The SMILES string of the molecule is FC(F)(F)Oc1ccc(Oc2ccncc2)cc1. The van der Waals surface area contributed by atoms with Gasteiger partial charge in [0.2, 0.25) is 0 Å². The first kappa shape index (κ1) is 12.2. The van der Waals surface area contributed by atoms with Gasteiger partial charge in [-0.25, -0.2) is 0 Å². The average molecular weight is 255 g/mol. The highest BCUT2D eigenvalue weighted by Gasteiger charge is 2.30. The lowest BCUT2D eigenvalue weighted by Gasteiger charge is -2.09. The van der Waals surface area contributed by atoms with Crippen molar-refractivity contribution in [3.8, 4) is 17.2 Å². The van der Waals surface area contributed by atoms with Crippen LogP contribution in [0.5, 0.6) is 17.2 Å². The maximum Gasteiger partial charge on any atom is 0.573 e. The first-order valence-electron chi connectivity index (χ1n) is 4.97. The van der Waals surface area contributed by atoms with E-state index in [1.807, 2.05) is 0 Å². The zero-order valence-corrected chi connectivity index (χ0v) is 9.02. The van der Waals surface area contributed by atoms with Crippen molar-refractivity contribution >= 4 is 0 Å². The van der Waals surface area contributed by atoms with Crippen LogP contribution in [0.2, 0.25) is 0 Å². The number of pyridine rings is 1. The number of aromatic nitrogens is 1. The fraction of sp³-hybridized carbons (Fsp3) is 0.0833. The van der Waals surface area contributed by atoms with Crippen molar-refractivity contribution in [3.05, 3.63) is 48.8 Å². The van der Waals surface area contributed by atoms with Gasteiger partial charge in [-0.1, -0.05) is 0 Å². The second kappa shape index (κ2) is 4.95. The van der Waals surface area contributed by atoms with E-state index in [4.69, 9.17) is 4.74 Å². The molecular formula is C12H8F3NO2. The van der Waals surface area contributed by atoms with Crippen molar-refractivity contribution in [1.29, 1.82) is 0 Å². The van der Waals surface area contributed by atoms with Gasteiger partial charge in [0, 0.05) is 12.4 Å². The quantitative estimate of drug-likeness (QED) is 0.836. The molecule has 1 aromatic heterocycles. The second-order valence-electron chi connectivity index (χ2n) is 3.30. The van der Waals surface area contributed by atoms with Crippen LogP contribution in [0.1, 0.15) is 0 Å². The minimum atomic E-state index is -4.69. The fourth-order valence-corrected chi connectivity index (χ4v) is 1.25. The Hall–Kier alpha value is -2.24. The molecule has 0 radical (unpaired) electrons. The maximum absolute atomic E-state index is 11.9. The van der Waals surface area contributed by atoms with Crippen LogP contribution in [0.3, 0.4) is 0 Å². The lowest BCUT2D eigenvalue weighted by atomic mass is 10.3. The molecular weight excluding hydrogens is 247 g/mol. The first-order chi connectivity index (χ1) is 8.53. The van der Waals surface area contributed by atoms with Crippen LogP contribution in [0, 0.1) is 0 Å². The molecule has 0 unspecified atom stereocenters. The van der Waals surface area contributed by atoms with Crippen LogP contribution >= 0.6 is 0 Å². The van der Waals surface area contributed by atoms with Crippen molar-refractivity contribution in [2.45, 2.75) is 6.36 Å². The third-order valence-corrected chi connectivity index (χ3v) is 1.94. The van der Waals surface area contributed by atoms with E-state index in [9.17, 15) is 13.2 Å². The minimum absolute atomic E-state index is 0.287. The number of ether oxygens (including phenoxy) is 2. The summed E-state index contributed by atoms with van der Waals surface area (Å²) in [5.74, 6) is 0.676. The monoisotopic (exact) mass is 255 g/mol. The molecule has 0 atom stereocenters. The maximum atomic E-state index is 11.9. The molecule has 0 saturated carbocycles. The Bertz CT molecular complexity index is 497. The van der Waals surface area contributed by atoms with Crippen LogP contribution < -0.4 is 9.47 Å². The van der Waals surface area contributed by atoms with E-state index in [0.717, 1.165) is 0 Å². The van der Waals surface area contributed by atoms with Gasteiger partial charge < -0.3 is 9.47 Å². The van der Waals surface area contributed by atoms with E-state index in [1.165, 1.54) is 24.3 Å². The molecule has 1 heterocycles. The Kier molecular flexibility index (Phi) is 3.36. The van der Waals surface area contributed by atoms with Gasteiger partial charge in [0.25, 0.3) is 0 Å². The molecule has 0 aliphatic rings. The molecule has 2 rings (SSSR count). The van der Waals surface area contributed by atoms with Crippen molar-refractivity contribution in [2.24, 2.45) is 0 Å². The summed E-state index contributed by atoms with van der Waals surface area (Å²) in [7, 11) is 0.